The number of unbranched alkanes of at least 4 members (excludes halogenated alkanes) is 1. The molecular weight excluding hydrogens is 507 g/mol. The number of aliphatic hydroxyl groups is 2. The van der Waals surface area contributed by atoms with Crippen LogP contribution in [0.1, 0.15) is 82.3 Å². The van der Waals surface area contributed by atoms with Crippen molar-refractivity contribution in [1.82, 2.24) is 0 Å². The van der Waals surface area contributed by atoms with Gasteiger partial charge >= 0.3 is 16.5 Å². The highest BCUT2D eigenvalue weighted by Crippen LogP contribution is 2.71. The molecule has 208 valence electrons. The van der Waals surface area contributed by atoms with Gasteiger partial charge in [-0.1, -0.05) is 31.9 Å². The van der Waals surface area contributed by atoms with Gasteiger partial charge in [-0.25, -0.2) is 0 Å². The van der Waals surface area contributed by atoms with Crippen LogP contribution in [0.25, 0.3) is 0 Å². The number of aliphatic hydroxyl groups excluding tert-OH is 1. The summed E-state index contributed by atoms with van der Waals surface area (Å²) < 4.78 is 72.4. The minimum absolute atomic E-state index is 0.0213. The summed E-state index contributed by atoms with van der Waals surface area (Å²) in [5.74, 6) is 0.268. The lowest BCUT2D eigenvalue weighted by Crippen LogP contribution is -2.57. The molecule has 0 radical (unpaired) electrons. The molecule has 2 fully saturated rings. The zero-order chi connectivity index (χ0) is 27.4. The zero-order valence-electron chi connectivity index (χ0n) is 21.4. The zero-order valence-corrected chi connectivity index (χ0v) is 22.2. The highest BCUT2D eigenvalue weighted by atomic mass is 32.2. The van der Waals surface area contributed by atoms with E-state index in [0.717, 1.165) is 30.4 Å². The van der Waals surface area contributed by atoms with Crippen LogP contribution in [-0.2, 0) is 16.7 Å². The lowest BCUT2D eigenvalue weighted by molar-refractivity contribution is -0.205. The molecule has 3 unspecified atom stereocenters. The first kappa shape index (κ1) is 28.4. The maximum absolute atomic E-state index is 12.8. The summed E-state index contributed by atoms with van der Waals surface area (Å²) in [6.07, 6.45) is -0.157. The fraction of sp³-hybridized carbons (Fsp3) is 0.704. The van der Waals surface area contributed by atoms with E-state index in [1.165, 1.54) is 0 Å². The second-order valence-corrected chi connectivity index (χ2v) is 13.0. The van der Waals surface area contributed by atoms with E-state index in [0.29, 0.717) is 25.7 Å². The van der Waals surface area contributed by atoms with Crippen LogP contribution >= 0.6 is 0 Å². The van der Waals surface area contributed by atoms with E-state index in [1.807, 2.05) is 19.1 Å². The number of hydrogen-bond acceptors (Lipinski definition) is 4. The lowest BCUT2D eigenvalue weighted by Gasteiger charge is -2.61. The van der Waals surface area contributed by atoms with Crippen molar-refractivity contribution < 1.29 is 36.4 Å². The van der Waals surface area contributed by atoms with E-state index in [2.05, 4.69) is 18.2 Å². The lowest BCUT2D eigenvalue weighted by atomic mass is 9.43. The summed E-state index contributed by atoms with van der Waals surface area (Å²) >= 11 is 0. The van der Waals surface area contributed by atoms with Gasteiger partial charge < -0.3 is 10.2 Å². The molecule has 1 aromatic rings. The van der Waals surface area contributed by atoms with Crippen LogP contribution in [0.3, 0.4) is 0 Å². The molecule has 10 heteroatoms. The molecule has 4 N–H and O–H groups in total. The minimum Gasteiger partial charge on any atom is -0.390 e. The van der Waals surface area contributed by atoms with Gasteiger partial charge in [0, 0.05) is 0 Å². The van der Waals surface area contributed by atoms with Crippen LogP contribution in [0.15, 0.2) is 30.9 Å². The Kier molecular flexibility index (Phi) is 7.32. The number of rotatable bonds is 8. The molecule has 0 aromatic heterocycles. The highest BCUT2D eigenvalue weighted by Gasteiger charge is 2.66. The summed E-state index contributed by atoms with van der Waals surface area (Å²) in [7, 11) is -4.41. The second-order valence-electron chi connectivity index (χ2n) is 11.9. The number of nitrogens with one attached hydrogen (secondary N) is 1. The molecule has 0 amide bonds. The van der Waals surface area contributed by atoms with Gasteiger partial charge in [0.2, 0.25) is 0 Å². The van der Waals surface area contributed by atoms with Crippen molar-refractivity contribution >= 4 is 16.0 Å². The first-order valence-electron chi connectivity index (χ1n) is 13.0. The molecule has 37 heavy (non-hydrogen) atoms. The molecule has 0 bridgehead atoms. The molecular formula is C27H38F3NO5S. The van der Waals surface area contributed by atoms with Gasteiger partial charge in [0.15, 0.2) is 0 Å². The Morgan fingerprint density at radius 3 is 2.57 bits per heavy atom. The summed E-state index contributed by atoms with van der Waals surface area (Å²) in [5.41, 5.74) is 0.761. The van der Waals surface area contributed by atoms with Crippen LogP contribution in [0.4, 0.5) is 18.9 Å². The third-order valence-electron chi connectivity index (χ3n) is 9.92. The molecule has 0 heterocycles. The average molecular weight is 546 g/mol. The third kappa shape index (κ3) is 5.06. The Morgan fingerprint density at radius 1 is 1.24 bits per heavy atom. The quantitative estimate of drug-likeness (QED) is 0.188. The van der Waals surface area contributed by atoms with Crippen molar-refractivity contribution in [3.63, 3.8) is 0 Å². The van der Waals surface area contributed by atoms with Crippen molar-refractivity contribution in [2.45, 2.75) is 95.4 Å². The number of alkyl halides is 3. The number of aryl methyl sites for hydroxylation is 1. The Hall–Kier alpha value is -1.62. The molecule has 0 aliphatic heterocycles. The van der Waals surface area contributed by atoms with E-state index in [-0.39, 0.29) is 47.1 Å². The van der Waals surface area contributed by atoms with Crippen molar-refractivity contribution in [2.24, 2.45) is 22.7 Å². The maximum atomic E-state index is 12.8. The number of hydrogen-bond donors (Lipinski definition) is 4. The number of allylic oxidation sites excluding steroid dienone is 1. The van der Waals surface area contributed by atoms with Crippen LogP contribution in [0.5, 0.6) is 0 Å². The van der Waals surface area contributed by atoms with Crippen LogP contribution in [0.2, 0.25) is 0 Å². The smallest absolute Gasteiger partial charge is 0.390 e. The average Bonchev–Trinajstić information content (AvgIpc) is 3.03. The SMILES string of the molecule is C=CC12CCc3cc(NS(=O)(=O)O)ccc3C1[C@@H](CCCC[C@H](O)C(F)(F)F)C[C@@]1(C)C2CC[C@]1(C)O. The predicted octanol–water partition coefficient (Wildman–Crippen LogP) is 5.77. The van der Waals surface area contributed by atoms with E-state index < -0.39 is 28.2 Å². The van der Waals surface area contributed by atoms with Gasteiger partial charge in [-0.2, -0.15) is 21.6 Å². The molecule has 4 rings (SSSR count). The van der Waals surface area contributed by atoms with Gasteiger partial charge in [-0.15, -0.1) is 6.58 Å². The van der Waals surface area contributed by atoms with Gasteiger partial charge in [0.25, 0.3) is 0 Å². The maximum Gasteiger partial charge on any atom is 0.414 e. The highest BCUT2D eigenvalue weighted by molar-refractivity contribution is 7.87. The Balaban J connectivity index is 1.69. The van der Waals surface area contributed by atoms with Crippen molar-refractivity contribution in [3.8, 4) is 0 Å². The van der Waals surface area contributed by atoms with Gasteiger partial charge in [0.05, 0.1) is 11.3 Å². The normalized spacial score (nSPS) is 36.3. The van der Waals surface area contributed by atoms with Gasteiger partial charge in [-0.05, 0) is 104 Å². The molecule has 0 spiro atoms. The summed E-state index contributed by atoms with van der Waals surface area (Å²) in [4.78, 5) is 0. The summed E-state index contributed by atoms with van der Waals surface area (Å²) in [6.45, 7) is 8.29. The van der Waals surface area contributed by atoms with E-state index in [4.69, 9.17) is 0 Å². The Morgan fingerprint density at radius 2 is 1.95 bits per heavy atom. The van der Waals surface area contributed by atoms with Crippen LogP contribution in [0, 0.1) is 22.7 Å². The predicted molar refractivity (Wildman–Crippen MR) is 135 cm³/mol. The van der Waals surface area contributed by atoms with Gasteiger partial charge in [-0.3, -0.25) is 9.27 Å². The fourth-order valence-electron chi connectivity index (χ4n) is 8.06. The number of fused-ring (bicyclic) bond motifs is 5. The van der Waals surface area contributed by atoms with Crippen molar-refractivity contribution in [2.75, 3.05) is 4.72 Å². The minimum atomic E-state index is -4.62. The Bertz CT molecular complexity index is 1140. The number of benzene rings is 1. The largest absolute Gasteiger partial charge is 0.414 e. The summed E-state index contributed by atoms with van der Waals surface area (Å²) in [6, 6.07) is 5.26. The first-order chi connectivity index (χ1) is 17.0. The molecule has 0 saturated heterocycles. The standard InChI is InChI=1S/C27H38F3NO5S/c1-4-26-14-11-17-15-19(31-37(34,35)36)9-10-20(17)23(26)18(7-5-6-8-22(32)27(28,29)30)16-24(2)21(26)12-13-25(24,3)33/h4,9-10,15,18,21-23,31-33H,1,5-8,11-14,16H2,2-3H3,(H,34,35,36)/t18-,21?,22-,23?,24-,25-,26?/m0/s1. The molecule has 1 aromatic carbocycles. The second kappa shape index (κ2) is 9.54. The van der Waals surface area contributed by atoms with Gasteiger partial charge in [0.1, 0.15) is 6.10 Å². The fourth-order valence-corrected chi connectivity index (χ4v) is 8.48. The van der Waals surface area contributed by atoms with Crippen molar-refractivity contribution in [3.05, 3.63) is 42.0 Å². The van der Waals surface area contributed by atoms with Crippen LogP contribution < -0.4 is 4.72 Å². The molecule has 3 aliphatic rings. The topological polar surface area (TPSA) is 107 Å². The number of halogens is 3. The summed E-state index contributed by atoms with van der Waals surface area (Å²) in [5, 5.41) is 20.9. The molecule has 6 nitrogen and oxygen atoms in total. The van der Waals surface area contributed by atoms with E-state index in [1.54, 1.807) is 12.1 Å². The molecule has 7 atom stereocenters. The first-order valence-corrected chi connectivity index (χ1v) is 14.5. The third-order valence-corrected chi connectivity index (χ3v) is 10.4. The monoisotopic (exact) mass is 545 g/mol. The van der Waals surface area contributed by atoms with Crippen LogP contribution in [-0.4, -0.2) is 41.1 Å². The van der Waals surface area contributed by atoms with E-state index >= 15 is 0 Å². The van der Waals surface area contributed by atoms with Crippen molar-refractivity contribution in [1.29, 1.82) is 0 Å². The molecule has 3 aliphatic carbocycles. The van der Waals surface area contributed by atoms with E-state index in [9.17, 15) is 36.4 Å². The Labute approximate surface area is 217 Å². The molecule has 2 saturated carbocycles. The number of anilines is 1.